The molecular weight excluding hydrogens is 401 g/mol. The van der Waals surface area contributed by atoms with Gasteiger partial charge in [0.25, 0.3) is 0 Å². The smallest absolute Gasteiger partial charge is 0.0893 e. The second-order valence-electron chi connectivity index (χ2n) is 3.40. The van der Waals surface area contributed by atoms with E-state index in [9.17, 15) is 4.39 Å². The molecule has 2 aromatic carbocycles. The number of hydrogen-bond donors (Lipinski definition) is 0. The topological polar surface area (TPSA) is 12.9 Å². The second-order valence-corrected chi connectivity index (χ2v) is 4.63. The molecule has 0 atom stereocenters. The standard InChI is InChI=1S/C12H7FNS.Ir/c1-7-14-12-9-5-3-2-4-8(9)10(13)6-11(12)15-7;/h2-4,6H,1H3;/q-1;. The van der Waals surface area contributed by atoms with Crippen molar-refractivity contribution in [3.63, 3.8) is 0 Å². The molecule has 0 N–H and O–H groups in total. The normalized spacial score (nSPS) is 10.6. The molecule has 0 saturated heterocycles. The van der Waals surface area contributed by atoms with Gasteiger partial charge in [-0.2, -0.15) is 0 Å². The molecule has 0 amide bonds. The zero-order chi connectivity index (χ0) is 10.4. The fraction of sp³-hybridized carbons (Fsp3) is 0.0833. The first-order valence-electron chi connectivity index (χ1n) is 4.62. The first kappa shape index (κ1) is 11.6. The molecule has 3 aromatic rings. The maximum atomic E-state index is 13.7. The number of halogens is 1. The predicted octanol–water partition coefficient (Wildman–Crippen LogP) is 3.69. The molecule has 0 aliphatic rings. The number of benzene rings is 2. The van der Waals surface area contributed by atoms with Gasteiger partial charge < -0.3 is 0 Å². The van der Waals surface area contributed by atoms with Gasteiger partial charge in [-0.05, 0) is 13.0 Å². The number of aryl methyl sites for hydroxylation is 1. The van der Waals surface area contributed by atoms with E-state index in [0.29, 0.717) is 5.39 Å². The Labute approximate surface area is 110 Å². The van der Waals surface area contributed by atoms with Crippen LogP contribution in [0.5, 0.6) is 0 Å². The fourth-order valence-electron chi connectivity index (χ4n) is 1.74. The molecule has 1 radical (unpaired) electrons. The van der Waals surface area contributed by atoms with E-state index in [1.165, 1.54) is 11.3 Å². The van der Waals surface area contributed by atoms with Gasteiger partial charge >= 0.3 is 0 Å². The van der Waals surface area contributed by atoms with E-state index in [2.05, 4.69) is 11.1 Å². The van der Waals surface area contributed by atoms with Crippen molar-refractivity contribution in [3.8, 4) is 0 Å². The van der Waals surface area contributed by atoms with Crippen LogP contribution in [0.3, 0.4) is 0 Å². The summed E-state index contributed by atoms with van der Waals surface area (Å²) in [6, 6.07) is 9.94. The summed E-state index contributed by atoms with van der Waals surface area (Å²) in [5.41, 5.74) is 0.856. The van der Waals surface area contributed by atoms with E-state index in [1.807, 2.05) is 6.92 Å². The monoisotopic (exact) mass is 409 g/mol. The van der Waals surface area contributed by atoms with E-state index in [1.54, 1.807) is 24.3 Å². The van der Waals surface area contributed by atoms with E-state index in [-0.39, 0.29) is 25.9 Å². The Morgan fingerprint density at radius 1 is 1.44 bits per heavy atom. The van der Waals surface area contributed by atoms with E-state index >= 15 is 0 Å². The van der Waals surface area contributed by atoms with Gasteiger partial charge in [0.1, 0.15) is 0 Å². The van der Waals surface area contributed by atoms with Gasteiger partial charge in [0.2, 0.25) is 0 Å². The van der Waals surface area contributed by atoms with Gasteiger partial charge in [0.15, 0.2) is 0 Å². The summed E-state index contributed by atoms with van der Waals surface area (Å²) in [4.78, 5) is 4.40. The molecule has 1 nitrogen and oxygen atoms in total. The van der Waals surface area contributed by atoms with Crippen LogP contribution in [0.15, 0.2) is 24.3 Å². The van der Waals surface area contributed by atoms with Crippen molar-refractivity contribution >= 4 is 32.3 Å². The van der Waals surface area contributed by atoms with Gasteiger partial charge in [0, 0.05) is 30.3 Å². The van der Waals surface area contributed by atoms with Crippen molar-refractivity contribution in [2.24, 2.45) is 0 Å². The van der Waals surface area contributed by atoms with Crippen molar-refractivity contribution in [3.05, 3.63) is 41.2 Å². The van der Waals surface area contributed by atoms with Crippen LogP contribution in [0.1, 0.15) is 5.01 Å². The Morgan fingerprint density at radius 3 is 3.06 bits per heavy atom. The summed E-state index contributed by atoms with van der Waals surface area (Å²) < 4.78 is 14.6. The molecule has 3 rings (SSSR count). The van der Waals surface area contributed by atoms with Gasteiger partial charge in [-0.3, -0.25) is 4.98 Å². The molecule has 4 heteroatoms. The number of nitrogens with zero attached hydrogens (tertiary/aromatic N) is 1. The second kappa shape index (κ2) is 4.21. The summed E-state index contributed by atoms with van der Waals surface area (Å²) in [7, 11) is 0. The molecule has 0 spiro atoms. The Kier molecular flexibility index (Phi) is 3.06. The summed E-state index contributed by atoms with van der Waals surface area (Å²) in [6.45, 7) is 1.93. The molecule has 0 aliphatic carbocycles. The Bertz CT molecular complexity index is 662. The Morgan fingerprint density at radius 2 is 2.25 bits per heavy atom. The van der Waals surface area contributed by atoms with Crippen molar-refractivity contribution in [1.82, 2.24) is 4.98 Å². The minimum Gasteiger partial charge on any atom is -0.290 e. The number of rotatable bonds is 0. The van der Waals surface area contributed by atoms with Gasteiger partial charge in [-0.25, -0.2) is 4.39 Å². The molecule has 1 heterocycles. The zero-order valence-corrected chi connectivity index (χ0v) is 11.6. The SMILES string of the molecule is Cc1nc2c(cc(F)c3ccc[c-]c32)s1.[Ir]. The molecule has 83 valence electrons. The van der Waals surface area contributed by atoms with Crippen molar-refractivity contribution in [2.45, 2.75) is 6.92 Å². The molecule has 0 unspecified atom stereocenters. The number of aromatic nitrogens is 1. The Hall–Kier alpha value is -0.831. The quantitative estimate of drug-likeness (QED) is 0.517. The average Bonchev–Trinajstić information content (AvgIpc) is 2.59. The molecule has 0 aliphatic heterocycles. The van der Waals surface area contributed by atoms with Crippen LogP contribution in [0.4, 0.5) is 4.39 Å². The van der Waals surface area contributed by atoms with Crippen LogP contribution in [-0.4, -0.2) is 4.98 Å². The predicted molar refractivity (Wildman–Crippen MR) is 60.7 cm³/mol. The number of hydrogen-bond acceptors (Lipinski definition) is 2. The molecule has 16 heavy (non-hydrogen) atoms. The maximum absolute atomic E-state index is 13.7. The summed E-state index contributed by atoms with van der Waals surface area (Å²) in [5.74, 6) is -0.196. The van der Waals surface area contributed by atoms with Gasteiger partial charge in [0.05, 0.1) is 10.8 Å². The first-order chi connectivity index (χ1) is 7.25. The molecule has 0 bridgehead atoms. The van der Waals surface area contributed by atoms with Crippen LogP contribution >= 0.6 is 11.3 Å². The van der Waals surface area contributed by atoms with Crippen molar-refractivity contribution in [1.29, 1.82) is 0 Å². The minimum absolute atomic E-state index is 0. The average molecular weight is 408 g/mol. The third-order valence-corrected chi connectivity index (χ3v) is 3.29. The van der Waals surface area contributed by atoms with Crippen LogP contribution in [0.2, 0.25) is 0 Å². The maximum Gasteiger partial charge on any atom is 0.0893 e. The van der Waals surface area contributed by atoms with Crippen molar-refractivity contribution in [2.75, 3.05) is 0 Å². The summed E-state index contributed by atoms with van der Waals surface area (Å²) in [6.07, 6.45) is 0. The zero-order valence-electron chi connectivity index (χ0n) is 8.38. The van der Waals surface area contributed by atoms with Crippen LogP contribution in [-0.2, 0) is 20.1 Å². The number of thiazole rings is 1. The molecule has 0 saturated carbocycles. The third kappa shape index (κ3) is 1.67. The van der Waals surface area contributed by atoms with E-state index < -0.39 is 0 Å². The minimum atomic E-state index is -0.196. The van der Waals surface area contributed by atoms with Crippen LogP contribution in [0.25, 0.3) is 21.0 Å². The van der Waals surface area contributed by atoms with E-state index in [4.69, 9.17) is 0 Å². The molecule has 0 fully saturated rings. The largest absolute Gasteiger partial charge is 0.290 e. The van der Waals surface area contributed by atoms with Crippen LogP contribution in [0, 0.1) is 18.8 Å². The van der Waals surface area contributed by atoms with Crippen LogP contribution < -0.4 is 0 Å². The van der Waals surface area contributed by atoms with Gasteiger partial charge in [-0.15, -0.1) is 41.0 Å². The first-order valence-corrected chi connectivity index (χ1v) is 5.43. The molecular formula is C12H7FIrNS-. The summed E-state index contributed by atoms with van der Waals surface area (Å²) >= 11 is 1.51. The van der Waals surface area contributed by atoms with E-state index in [0.717, 1.165) is 20.6 Å². The third-order valence-electron chi connectivity index (χ3n) is 2.37. The number of fused-ring (bicyclic) bond motifs is 3. The van der Waals surface area contributed by atoms with Gasteiger partial charge in [-0.1, -0.05) is 5.39 Å². The summed E-state index contributed by atoms with van der Waals surface area (Å²) in [5, 5.41) is 2.32. The Balaban J connectivity index is 0.000000963. The fourth-order valence-corrected chi connectivity index (χ4v) is 2.61. The van der Waals surface area contributed by atoms with Crippen molar-refractivity contribution < 1.29 is 24.5 Å². The molecule has 1 aromatic heterocycles.